The van der Waals surface area contributed by atoms with Crippen LogP contribution in [0.25, 0.3) is 10.8 Å². The van der Waals surface area contributed by atoms with E-state index < -0.39 is 0 Å². The van der Waals surface area contributed by atoms with Crippen LogP contribution in [0.4, 0.5) is 0 Å². The number of allylic oxidation sites excluding steroid dienone is 2. The van der Waals surface area contributed by atoms with Crippen molar-refractivity contribution in [2.75, 3.05) is 0 Å². The van der Waals surface area contributed by atoms with Crippen LogP contribution in [0.2, 0.25) is 0 Å². The molecule has 0 spiro atoms. The van der Waals surface area contributed by atoms with Gasteiger partial charge in [0.25, 0.3) is 11.1 Å². The number of aromatic nitrogens is 2. The molecular formula is C15H12N2O2. The minimum Gasteiger partial charge on any atom is -0.267 e. The van der Waals surface area contributed by atoms with Crippen LogP contribution >= 0.6 is 0 Å². The van der Waals surface area contributed by atoms with Crippen LogP contribution in [-0.4, -0.2) is 9.36 Å². The quantitative estimate of drug-likeness (QED) is 0.666. The van der Waals surface area contributed by atoms with Crippen molar-refractivity contribution in [3.8, 4) is 0 Å². The number of hydrogen-bond donors (Lipinski definition) is 0. The summed E-state index contributed by atoms with van der Waals surface area (Å²) in [5.74, 6) is 1.13. The van der Waals surface area contributed by atoms with E-state index in [1.165, 1.54) is 0 Å². The molecule has 0 saturated heterocycles. The summed E-state index contributed by atoms with van der Waals surface area (Å²) in [6.45, 7) is 0. The average molecular weight is 252 g/mol. The highest BCUT2D eigenvalue weighted by molar-refractivity contribution is 5.80. The van der Waals surface area contributed by atoms with Gasteiger partial charge in [0.2, 0.25) is 0 Å². The Morgan fingerprint density at radius 1 is 0.842 bits per heavy atom. The second-order valence-electron chi connectivity index (χ2n) is 5.77. The predicted octanol–water partition coefficient (Wildman–Crippen LogP) is 1.46. The molecule has 0 amide bonds. The number of benzene rings is 1. The summed E-state index contributed by atoms with van der Waals surface area (Å²) in [5, 5.41) is 1.09. The van der Waals surface area contributed by atoms with Crippen LogP contribution in [0.3, 0.4) is 0 Å². The standard InChI is InChI=1S/C15H12N2O2/c18-14-8-3-1-2-4-9(8)15(19)17-13-6-5-12(16(14)17)10-7-11(10)13/h1-6,10-13H,7H2. The molecule has 4 nitrogen and oxygen atoms in total. The van der Waals surface area contributed by atoms with Gasteiger partial charge in [0.1, 0.15) is 0 Å². The van der Waals surface area contributed by atoms with Gasteiger partial charge in [0.05, 0.1) is 22.9 Å². The van der Waals surface area contributed by atoms with Crippen molar-refractivity contribution in [3.05, 3.63) is 57.1 Å². The fourth-order valence-electron chi connectivity index (χ4n) is 3.92. The Hall–Kier alpha value is -2.10. The maximum absolute atomic E-state index is 12.6. The minimum absolute atomic E-state index is 0.0279. The second kappa shape index (κ2) is 2.90. The summed E-state index contributed by atoms with van der Waals surface area (Å²) in [6.07, 6.45) is 5.34. The molecule has 6 rings (SSSR count). The van der Waals surface area contributed by atoms with E-state index in [1.54, 1.807) is 21.5 Å². The lowest BCUT2D eigenvalue weighted by Gasteiger charge is -2.36. The van der Waals surface area contributed by atoms with Crippen molar-refractivity contribution in [1.29, 1.82) is 0 Å². The molecule has 2 aliphatic heterocycles. The summed E-state index contributed by atoms with van der Waals surface area (Å²) < 4.78 is 3.40. The maximum atomic E-state index is 12.6. The fourth-order valence-corrected chi connectivity index (χ4v) is 3.92. The zero-order chi connectivity index (χ0) is 12.7. The topological polar surface area (TPSA) is 44.0 Å². The molecule has 1 aromatic heterocycles. The molecule has 4 unspecified atom stereocenters. The van der Waals surface area contributed by atoms with E-state index in [0.717, 1.165) is 6.42 Å². The van der Waals surface area contributed by atoms with Crippen molar-refractivity contribution in [3.63, 3.8) is 0 Å². The smallest absolute Gasteiger partial charge is 0.267 e. The summed E-state index contributed by atoms with van der Waals surface area (Å²) in [4.78, 5) is 25.3. The van der Waals surface area contributed by atoms with Crippen LogP contribution < -0.4 is 11.1 Å². The van der Waals surface area contributed by atoms with Crippen molar-refractivity contribution < 1.29 is 0 Å². The lowest BCUT2D eigenvalue weighted by Crippen LogP contribution is -2.48. The SMILES string of the molecule is O=c1c2ccccc2c(=O)n2n1C1C=CC2C2CC21. The molecule has 4 heteroatoms. The molecule has 1 saturated carbocycles. The summed E-state index contributed by atoms with van der Waals surface area (Å²) in [6, 6.07) is 7.31. The zero-order valence-electron chi connectivity index (χ0n) is 10.2. The summed E-state index contributed by atoms with van der Waals surface area (Å²) in [5.41, 5.74) is -0.0557. The second-order valence-corrected chi connectivity index (χ2v) is 5.77. The van der Waals surface area contributed by atoms with Gasteiger partial charge in [0.15, 0.2) is 0 Å². The van der Waals surface area contributed by atoms with E-state index in [9.17, 15) is 9.59 Å². The Kier molecular flexibility index (Phi) is 1.49. The molecule has 4 aliphatic rings. The van der Waals surface area contributed by atoms with Gasteiger partial charge in [-0.3, -0.25) is 9.59 Å². The first-order valence-electron chi connectivity index (χ1n) is 6.72. The van der Waals surface area contributed by atoms with Crippen molar-refractivity contribution in [1.82, 2.24) is 9.36 Å². The lowest BCUT2D eigenvalue weighted by molar-refractivity contribution is 0.234. The van der Waals surface area contributed by atoms with Gasteiger partial charge in [-0.25, -0.2) is 9.36 Å². The number of rotatable bonds is 0. The Morgan fingerprint density at radius 2 is 1.32 bits per heavy atom. The molecule has 1 aromatic carbocycles. The molecule has 94 valence electrons. The van der Waals surface area contributed by atoms with Crippen LogP contribution in [0.5, 0.6) is 0 Å². The van der Waals surface area contributed by atoms with Crippen LogP contribution in [-0.2, 0) is 0 Å². The number of hydrogen-bond acceptors (Lipinski definition) is 2. The van der Waals surface area contributed by atoms with Crippen LogP contribution in [0.15, 0.2) is 46.0 Å². The van der Waals surface area contributed by atoms with E-state index in [0.29, 0.717) is 22.6 Å². The fraction of sp³-hybridized carbons (Fsp3) is 0.333. The molecule has 0 radical (unpaired) electrons. The van der Waals surface area contributed by atoms with E-state index >= 15 is 0 Å². The van der Waals surface area contributed by atoms with Crippen molar-refractivity contribution >= 4 is 10.8 Å². The van der Waals surface area contributed by atoms with Gasteiger partial charge in [0, 0.05) is 0 Å². The van der Waals surface area contributed by atoms with Crippen molar-refractivity contribution in [2.45, 2.75) is 18.5 Å². The van der Waals surface area contributed by atoms with Gasteiger partial charge < -0.3 is 0 Å². The summed E-state index contributed by atoms with van der Waals surface area (Å²) >= 11 is 0. The van der Waals surface area contributed by atoms with Gasteiger partial charge in [-0.05, 0) is 30.4 Å². The lowest BCUT2D eigenvalue weighted by atomic mass is 9.95. The Labute approximate surface area is 108 Å². The number of fused-ring (bicyclic) bond motifs is 1. The normalized spacial score (nSPS) is 33.3. The first-order valence-corrected chi connectivity index (χ1v) is 6.72. The Balaban J connectivity index is 2.02. The molecule has 3 heterocycles. The average Bonchev–Trinajstić information content (AvgIpc) is 3.26. The molecule has 2 aliphatic carbocycles. The Bertz CT molecular complexity index is 803. The van der Waals surface area contributed by atoms with Gasteiger partial charge in [-0.1, -0.05) is 24.3 Å². The first kappa shape index (κ1) is 9.78. The number of nitrogens with zero attached hydrogens (tertiary/aromatic N) is 2. The largest absolute Gasteiger partial charge is 0.273 e. The highest BCUT2D eigenvalue weighted by Crippen LogP contribution is 2.58. The maximum Gasteiger partial charge on any atom is 0.273 e. The molecule has 19 heavy (non-hydrogen) atoms. The van der Waals surface area contributed by atoms with Crippen LogP contribution in [0.1, 0.15) is 18.5 Å². The third-order valence-electron chi connectivity index (χ3n) is 4.87. The highest BCUT2D eigenvalue weighted by Gasteiger charge is 2.55. The predicted molar refractivity (Wildman–Crippen MR) is 71.3 cm³/mol. The van der Waals surface area contributed by atoms with E-state index in [4.69, 9.17) is 0 Å². The highest BCUT2D eigenvalue weighted by atomic mass is 16.2. The minimum atomic E-state index is -0.0279. The van der Waals surface area contributed by atoms with Crippen molar-refractivity contribution in [2.24, 2.45) is 11.8 Å². The zero-order valence-corrected chi connectivity index (χ0v) is 10.2. The molecule has 2 aromatic rings. The monoisotopic (exact) mass is 252 g/mol. The molecule has 4 atom stereocenters. The molecule has 1 fully saturated rings. The summed E-state index contributed by atoms with van der Waals surface area (Å²) in [7, 11) is 0. The van der Waals surface area contributed by atoms with E-state index in [2.05, 4.69) is 12.2 Å². The van der Waals surface area contributed by atoms with E-state index in [-0.39, 0.29) is 23.2 Å². The Morgan fingerprint density at radius 3 is 1.79 bits per heavy atom. The van der Waals surface area contributed by atoms with Gasteiger partial charge in [-0.2, -0.15) is 0 Å². The third-order valence-corrected chi connectivity index (χ3v) is 4.87. The molecular weight excluding hydrogens is 240 g/mol. The molecule has 2 bridgehead atoms. The third kappa shape index (κ3) is 0.983. The van der Waals surface area contributed by atoms with Gasteiger partial charge in [-0.15, -0.1) is 0 Å². The van der Waals surface area contributed by atoms with E-state index in [1.807, 2.05) is 12.1 Å². The molecule has 0 N–H and O–H groups in total. The van der Waals surface area contributed by atoms with Gasteiger partial charge >= 0.3 is 0 Å². The first-order chi connectivity index (χ1) is 9.27. The van der Waals surface area contributed by atoms with Crippen LogP contribution in [0, 0.1) is 11.8 Å².